The molecule has 0 aliphatic carbocycles. The number of carboxylic acids is 1. The minimum absolute atomic E-state index is 0.207. The summed E-state index contributed by atoms with van der Waals surface area (Å²) in [6.07, 6.45) is 0.589. The second kappa shape index (κ2) is 6.14. The highest BCUT2D eigenvalue weighted by Gasteiger charge is 2.17. The monoisotopic (exact) mass is 297 g/mol. The van der Waals surface area contributed by atoms with Crippen LogP contribution in [0.1, 0.15) is 25.9 Å². The Kier molecular flexibility index (Phi) is 4.52. The van der Waals surface area contributed by atoms with Gasteiger partial charge >= 0.3 is 5.97 Å². The van der Waals surface area contributed by atoms with Crippen LogP contribution in [0.5, 0.6) is 0 Å². The third-order valence-corrected chi connectivity index (χ3v) is 3.82. The first-order chi connectivity index (χ1) is 9.10. The number of aromatic nitrogens is 1. The van der Waals surface area contributed by atoms with Gasteiger partial charge in [-0.2, -0.15) is 0 Å². The van der Waals surface area contributed by atoms with Crippen LogP contribution in [-0.4, -0.2) is 23.2 Å². The normalized spacial score (nSPS) is 10.6. The summed E-state index contributed by atoms with van der Waals surface area (Å²) in [4.78, 5) is 15.7. The molecule has 1 aromatic heterocycles. The number of rotatable bonds is 5. The highest BCUT2D eigenvalue weighted by molar-refractivity contribution is 7.13. The molecule has 0 unspecified atom stereocenters. The molecule has 0 radical (unpaired) electrons. The fourth-order valence-electron chi connectivity index (χ4n) is 1.65. The summed E-state index contributed by atoms with van der Waals surface area (Å²) >= 11 is 7.00. The summed E-state index contributed by atoms with van der Waals surface area (Å²) in [6, 6.07) is 7.41. The molecule has 19 heavy (non-hydrogen) atoms. The van der Waals surface area contributed by atoms with E-state index in [4.69, 9.17) is 21.4 Å². The van der Waals surface area contributed by atoms with Crippen LogP contribution in [0.2, 0.25) is 5.02 Å². The van der Waals surface area contributed by atoms with Gasteiger partial charge < -0.3 is 9.84 Å². The molecule has 2 aromatic rings. The molecular weight excluding hydrogens is 286 g/mol. The number of benzene rings is 1. The number of carbonyl (C=O) groups is 1. The molecule has 0 atom stereocenters. The molecule has 0 aliphatic rings. The second-order valence-electron chi connectivity index (χ2n) is 3.92. The van der Waals surface area contributed by atoms with Crippen LogP contribution in [0.25, 0.3) is 0 Å². The maximum Gasteiger partial charge on any atom is 0.347 e. The van der Waals surface area contributed by atoms with Gasteiger partial charge in [-0.15, -0.1) is 11.3 Å². The first-order valence-electron chi connectivity index (χ1n) is 5.55. The smallest absolute Gasteiger partial charge is 0.347 e. The summed E-state index contributed by atoms with van der Waals surface area (Å²) in [5.74, 6) is -0.966. The van der Waals surface area contributed by atoms with Crippen molar-refractivity contribution in [3.63, 3.8) is 0 Å². The van der Waals surface area contributed by atoms with Gasteiger partial charge in [0.1, 0.15) is 4.88 Å². The molecule has 4 nitrogen and oxygen atoms in total. The summed E-state index contributed by atoms with van der Waals surface area (Å²) < 4.78 is 4.96. The summed E-state index contributed by atoms with van der Waals surface area (Å²) in [5.41, 5.74) is 1.52. The molecule has 0 fully saturated rings. The maximum atomic E-state index is 11.1. The van der Waals surface area contributed by atoms with E-state index in [1.54, 1.807) is 12.1 Å². The molecule has 0 amide bonds. The molecule has 0 bridgehead atoms. The lowest BCUT2D eigenvalue weighted by Crippen LogP contribution is -1.99. The third-order valence-electron chi connectivity index (χ3n) is 2.49. The molecule has 1 heterocycles. The fourth-order valence-corrected chi connectivity index (χ4v) is 2.72. The number of hydrogen-bond donors (Lipinski definition) is 1. The lowest BCUT2D eigenvalue weighted by molar-refractivity contribution is 0.0697. The summed E-state index contributed by atoms with van der Waals surface area (Å²) in [6.45, 7) is 0.207. The average Bonchev–Trinajstić information content (AvgIpc) is 2.76. The number of carboxylic acid groups (broad SMARTS) is 1. The van der Waals surface area contributed by atoms with Crippen LogP contribution in [0.15, 0.2) is 24.3 Å². The van der Waals surface area contributed by atoms with Gasteiger partial charge in [-0.25, -0.2) is 9.78 Å². The van der Waals surface area contributed by atoms with Gasteiger partial charge in [0, 0.05) is 18.6 Å². The minimum atomic E-state index is -0.966. The zero-order chi connectivity index (χ0) is 13.8. The van der Waals surface area contributed by atoms with Crippen molar-refractivity contribution in [3.05, 3.63) is 50.4 Å². The Balaban J connectivity index is 2.23. The first-order valence-corrected chi connectivity index (χ1v) is 6.75. The van der Waals surface area contributed by atoms with Crippen molar-refractivity contribution in [2.24, 2.45) is 0 Å². The van der Waals surface area contributed by atoms with Gasteiger partial charge in [0.2, 0.25) is 0 Å². The van der Waals surface area contributed by atoms with Crippen LogP contribution in [-0.2, 0) is 17.8 Å². The van der Waals surface area contributed by atoms with Gasteiger partial charge in [0.25, 0.3) is 0 Å². The van der Waals surface area contributed by atoms with Gasteiger partial charge in [0.15, 0.2) is 0 Å². The van der Waals surface area contributed by atoms with Crippen molar-refractivity contribution in [3.8, 4) is 0 Å². The Morgan fingerprint density at radius 1 is 1.42 bits per heavy atom. The van der Waals surface area contributed by atoms with E-state index < -0.39 is 5.97 Å². The van der Waals surface area contributed by atoms with Crippen LogP contribution in [0.3, 0.4) is 0 Å². The molecule has 6 heteroatoms. The van der Waals surface area contributed by atoms with Crippen LogP contribution in [0.4, 0.5) is 0 Å². The van der Waals surface area contributed by atoms with E-state index in [2.05, 4.69) is 4.98 Å². The van der Waals surface area contributed by atoms with Gasteiger partial charge in [0.05, 0.1) is 17.3 Å². The summed E-state index contributed by atoms with van der Waals surface area (Å²) in [5, 5.41) is 10.5. The number of nitrogens with zero attached hydrogens (tertiary/aromatic N) is 1. The maximum absolute atomic E-state index is 11.1. The highest BCUT2D eigenvalue weighted by Crippen LogP contribution is 2.22. The topological polar surface area (TPSA) is 59.4 Å². The highest BCUT2D eigenvalue weighted by atomic mass is 35.5. The van der Waals surface area contributed by atoms with Crippen molar-refractivity contribution in [1.29, 1.82) is 0 Å². The lowest BCUT2D eigenvalue weighted by Gasteiger charge is -1.97. The number of thiazole rings is 1. The van der Waals surface area contributed by atoms with E-state index >= 15 is 0 Å². The molecule has 0 spiro atoms. The number of methoxy groups -OCH3 is 1. The van der Waals surface area contributed by atoms with Crippen molar-refractivity contribution < 1.29 is 14.6 Å². The molecule has 0 saturated heterocycles. The van der Waals surface area contributed by atoms with Gasteiger partial charge in [-0.05, 0) is 17.7 Å². The Hall–Kier alpha value is -1.43. The first kappa shape index (κ1) is 14.0. The number of ether oxygens (including phenoxy) is 1. The molecule has 1 aromatic carbocycles. The number of halogens is 1. The Bertz CT molecular complexity index is 580. The SMILES string of the molecule is COCc1nc(Cc2ccc(Cl)cc2)sc1C(=O)O. The van der Waals surface area contributed by atoms with E-state index in [0.717, 1.165) is 10.6 Å². The molecule has 0 aliphatic heterocycles. The predicted molar refractivity (Wildman–Crippen MR) is 74.0 cm³/mol. The third kappa shape index (κ3) is 3.53. The van der Waals surface area contributed by atoms with Crippen molar-refractivity contribution in [2.75, 3.05) is 7.11 Å². The molecule has 100 valence electrons. The van der Waals surface area contributed by atoms with Crippen LogP contribution < -0.4 is 0 Å². The molecule has 0 saturated carbocycles. The van der Waals surface area contributed by atoms with Crippen LogP contribution in [0, 0.1) is 0 Å². The summed E-state index contributed by atoms with van der Waals surface area (Å²) in [7, 11) is 1.52. The minimum Gasteiger partial charge on any atom is -0.477 e. The average molecular weight is 298 g/mol. The van der Waals surface area contributed by atoms with E-state index in [-0.39, 0.29) is 11.5 Å². The van der Waals surface area contributed by atoms with Gasteiger partial charge in [-0.3, -0.25) is 0 Å². The zero-order valence-electron chi connectivity index (χ0n) is 10.2. The Morgan fingerprint density at radius 2 is 2.11 bits per heavy atom. The lowest BCUT2D eigenvalue weighted by atomic mass is 10.2. The number of hydrogen-bond acceptors (Lipinski definition) is 4. The zero-order valence-corrected chi connectivity index (χ0v) is 11.8. The van der Waals surface area contributed by atoms with E-state index in [9.17, 15) is 4.79 Å². The van der Waals surface area contributed by atoms with E-state index in [1.807, 2.05) is 12.1 Å². The largest absolute Gasteiger partial charge is 0.477 e. The second-order valence-corrected chi connectivity index (χ2v) is 5.44. The molecule has 2 rings (SSSR count). The Labute approximate surface area is 119 Å². The standard InChI is InChI=1S/C13H12ClNO3S/c1-18-7-10-12(13(16)17)19-11(15-10)6-8-2-4-9(14)5-3-8/h2-5H,6-7H2,1H3,(H,16,17). The number of aromatic carboxylic acids is 1. The van der Waals surface area contributed by atoms with E-state index in [0.29, 0.717) is 17.1 Å². The molecule has 1 N–H and O–H groups in total. The molecular formula is C13H12ClNO3S. The fraction of sp³-hybridized carbons (Fsp3) is 0.231. The van der Waals surface area contributed by atoms with Crippen LogP contribution >= 0.6 is 22.9 Å². The van der Waals surface area contributed by atoms with Crippen molar-refractivity contribution in [1.82, 2.24) is 4.98 Å². The predicted octanol–water partition coefficient (Wildman–Crippen LogP) is 3.23. The van der Waals surface area contributed by atoms with Crippen molar-refractivity contribution >= 4 is 28.9 Å². The quantitative estimate of drug-likeness (QED) is 0.920. The Morgan fingerprint density at radius 3 is 2.68 bits per heavy atom. The van der Waals surface area contributed by atoms with Gasteiger partial charge in [-0.1, -0.05) is 23.7 Å². The van der Waals surface area contributed by atoms with E-state index in [1.165, 1.54) is 18.4 Å². The van der Waals surface area contributed by atoms with Crippen molar-refractivity contribution in [2.45, 2.75) is 13.0 Å².